The zero-order valence-corrected chi connectivity index (χ0v) is 18.6. The number of hydrogen-bond acceptors (Lipinski definition) is 2. The van der Waals surface area contributed by atoms with E-state index in [4.69, 9.17) is 0 Å². The van der Waals surface area contributed by atoms with Gasteiger partial charge in [-0.15, -0.1) is 0 Å². The summed E-state index contributed by atoms with van der Waals surface area (Å²) in [6.07, 6.45) is 4.70. The maximum absolute atomic E-state index is 12.7. The molecule has 0 radical (unpaired) electrons. The largest absolute Gasteiger partial charge is 0.331 e. The molecule has 1 aliphatic heterocycles. The molecule has 1 heterocycles. The molecule has 1 fully saturated rings. The monoisotopic (exact) mass is 385 g/mol. The van der Waals surface area contributed by atoms with Gasteiger partial charge in [0.1, 0.15) is 0 Å². The number of hydrogen-bond donors (Lipinski definition) is 1. The maximum atomic E-state index is 12.7. The first-order valence-corrected chi connectivity index (χ1v) is 11.2. The van der Waals surface area contributed by atoms with Crippen LogP contribution in [0.3, 0.4) is 0 Å². The summed E-state index contributed by atoms with van der Waals surface area (Å²) >= 11 is 0. The van der Waals surface area contributed by atoms with Crippen molar-refractivity contribution in [2.45, 2.75) is 71.8 Å². The molecule has 0 unspecified atom stereocenters. The fourth-order valence-electron chi connectivity index (χ4n) is 4.95. The number of urea groups is 1. The van der Waals surface area contributed by atoms with Crippen LogP contribution in [-0.2, 0) is 5.41 Å². The Labute approximate surface area is 171 Å². The molecule has 3 rings (SSSR count). The van der Waals surface area contributed by atoms with Gasteiger partial charge < -0.3 is 15.1 Å². The topological polar surface area (TPSA) is 35.6 Å². The van der Waals surface area contributed by atoms with Gasteiger partial charge in [-0.05, 0) is 75.7 Å². The van der Waals surface area contributed by atoms with Crippen LogP contribution >= 0.6 is 0 Å². The van der Waals surface area contributed by atoms with Crippen molar-refractivity contribution >= 4 is 6.03 Å². The summed E-state index contributed by atoms with van der Waals surface area (Å²) in [4.78, 5) is 17.2. The number of nitrogens with one attached hydrogen (secondary N) is 1. The predicted molar refractivity (Wildman–Crippen MR) is 117 cm³/mol. The highest BCUT2D eigenvalue weighted by Gasteiger charge is 2.45. The molecule has 1 aromatic carbocycles. The van der Waals surface area contributed by atoms with Crippen LogP contribution in [0.4, 0.5) is 4.79 Å². The van der Waals surface area contributed by atoms with E-state index >= 15 is 0 Å². The van der Waals surface area contributed by atoms with Crippen LogP contribution in [0.15, 0.2) is 24.3 Å². The van der Waals surface area contributed by atoms with Gasteiger partial charge in [-0.2, -0.15) is 0 Å². The molecule has 1 aliphatic carbocycles. The third-order valence-corrected chi connectivity index (χ3v) is 6.84. The molecule has 0 saturated carbocycles. The van der Waals surface area contributed by atoms with Crippen molar-refractivity contribution in [3.8, 4) is 0 Å². The normalized spacial score (nSPS) is 21.5. The first-order valence-electron chi connectivity index (χ1n) is 11.2. The van der Waals surface area contributed by atoms with Crippen molar-refractivity contribution in [1.82, 2.24) is 15.1 Å². The highest BCUT2D eigenvalue weighted by Crippen LogP contribution is 2.50. The summed E-state index contributed by atoms with van der Waals surface area (Å²) in [5.41, 5.74) is 3.45. The Bertz CT molecular complexity index is 667. The fourth-order valence-corrected chi connectivity index (χ4v) is 4.95. The molecule has 1 atom stereocenters. The van der Waals surface area contributed by atoms with E-state index < -0.39 is 0 Å². The molecule has 1 N–H and O–H groups in total. The highest BCUT2D eigenvalue weighted by atomic mass is 16.2. The average molecular weight is 386 g/mol. The van der Waals surface area contributed by atoms with Crippen molar-refractivity contribution in [3.05, 3.63) is 35.4 Å². The van der Waals surface area contributed by atoms with Gasteiger partial charge in [-0.25, -0.2) is 4.79 Å². The summed E-state index contributed by atoms with van der Waals surface area (Å²) in [6, 6.07) is 9.04. The Morgan fingerprint density at radius 3 is 2.43 bits per heavy atom. The van der Waals surface area contributed by atoms with Crippen LogP contribution in [0.25, 0.3) is 0 Å². The van der Waals surface area contributed by atoms with Crippen molar-refractivity contribution < 1.29 is 4.79 Å². The van der Waals surface area contributed by atoms with E-state index in [1.807, 2.05) is 18.7 Å². The molecular weight excluding hydrogens is 346 g/mol. The highest BCUT2D eigenvalue weighted by molar-refractivity contribution is 5.75. The number of carbonyl (C=O) groups excluding carboxylic acids is 1. The number of carbonyl (C=O) groups is 1. The Morgan fingerprint density at radius 2 is 1.82 bits per heavy atom. The zero-order valence-electron chi connectivity index (χ0n) is 18.6. The van der Waals surface area contributed by atoms with E-state index in [1.54, 1.807) is 0 Å². The maximum Gasteiger partial charge on any atom is 0.317 e. The van der Waals surface area contributed by atoms with Crippen LogP contribution in [0, 0.1) is 5.41 Å². The Morgan fingerprint density at radius 1 is 1.18 bits per heavy atom. The van der Waals surface area contributed by atoms with Gasteiger partial charge in [0.2, 0.25) is 0 Å². The number of piperidine rings is 1. The van der Waals surface area contributed by atoms with Crippen LogP contribution in [0.2, 0.25) is 0 Å². The summed E-state index contributed by atoms with van der Waals surface area (Å²) in [5, 5.41) is 3.34. The van der Waals surface area contributed by atoms with Crippen molar-refractivity contribution in [1.29, 1.82) is 0 Å². The predicted octanol–water partition coefficient (Wildman–Crippen LogP) is 4.95. The lowest BCUT2D eigenvalue weighted by Crippen LogP contribution is -2.44. The number of rotatable bonds is 5. The van der Waals surface area contributed by atoms with Crippen LogP contribution in [0.1, 0.15) is 77.5 Å². The van der Waals surface area contributed by atoms with E-state index in [0.29, 0.717) is 5.41 Å². The second-order valence-electron chi connectivity index (χ2n) is 9.90. The summed E-state index contributed by atoms with van der Waals surface area (Å²) in [6.45, 7) is 16.1. The Balaban J connectivity index is 1.70. The quantitative estimate of drug-likeness (QED) is 0.778. The number of amides is 2. The second kappa shape index (κ2) is 8.44. The smallest absolute Gasteiger partial charge is 0.317 e. The van der Waals surface area contributed by atoms with E-state index in [2.05, 4.69) is 55.3 Å². The minimum Gasteiger partial charge on any atom is -0.331 e. The lowest BCUT2D eigenvalue weighted by atomic mass is 9.73. The summed E-state index contributed by atoms with van der Waals surface area (Å²) < 4.78 is 0. The lowest BCUT2D eigenvalue weighted by Gasteiger charge is -2.41. The third kappa shape index (κ3) is 4.53. The van der Waals surface area contributed by atoms with Gasteiger partial charge >= 0.3 is 6.03 Å². The minimum absolute atomic E-state index is 0.0736. The van der Waals surface area contributed by atoms with Gasteiger partial charge in [0.05, 0.1) is 6.04 Å². The molecule has 2 amide bonds. The van der Waals surface area contributed by atoms with E-state index in [0.717, 1.165) is 19.5 Å². The van der Waals surface area contributed by atoms with Crippen molar-refractivity contribution in [3.63, 3.8) is 0 Å². The molecule has 1 spiro atoms. The van der Waals surface area contributed by atoms with Gasteiger partial charge in [0.15, 0.2) is 0 Å². The van der Waals surface area contributed by atoms with Crippen LogP contribution < -0.4 is 5.32 Å². The van der Waals surface area contributed by atoms with Gasteiger partial charge in [-0.1, -0.05) is 45.0 Å². The van der Waals surface area contributed by atoms with E-state index in [9.17, 15) is 4.79 Å². The molecule has 2 aliphatic rings. The SMILES string of the molecule is CCN(CC)C(=O)N[C@H]1CC2(CCN(CCC(C)(C)C)CC2)c2ccccc21. The van der Waals surface area contributed by atoms with Gasteiger partial charge in [0, 0.05) is 18.5 Å². The Kier molecular flexibility index (Phi) is 6.38. The third-order valence-electron chi connectivity index (χ3n) is 6.84. The molecule has 28 heavy (non-hydrogen) atoms. The van der Waals surface area contributed by atoms with E-state index in [1.165, 1.54) is 50.0 Å². The van der Waals surface area contributed by atoms with Crippen LogP contribution in [0.5, 0.6) is 0 Å². The van der Waals surface area contributed by atoms with Crippen molar-refractivity contribution in [2.75, 3.05) is 32.7 Å². The standard InChI is InChI=1S/C24H39N3O/c1-6-27(7-2)22(28)25-21-18-24(20-11-9-8-10-19(20)21)13-16-26(17-14-24)15-12-23(3,4)5/h8-11,21H,6-7,12-18H2,1-5H3,(H,25,28)/t21-/m0/s1. The zero-order chi connectivity index (χ0) is 20.4. The summed E-state index contributed by atoms with van der Waals surface area (Å²) in [5.74, 6) is 0. The van der Waals surface area contributed by atoms with Crippen molar-refractivity contribution in [2.24, 2.45) is 5.41 Å². The first kappa shape index (κ1) is 21.2. The van der Waals surface area contributed by atoms with E-state index in [-0.39, 0.29) is 17.5 Å². The number of likely N-dealkylation sites (tertiary alicyclic amines) is 1. The average Bonchev–Trinajstić information content (AvgIpc) is 2.95. The molecule has 156 valence electrons. The number of nitrogens with zero attached hydrogens (tertiary/aromatic N) is 2. The molecule has 1 aromatic rings. The molecule has 4 heteroatoms. The molecule has 1 saturated heterocycles. The number of fused-ring (bicyclic) bond motifs is 2. The fraction of sp³-hybridized carbons (Fsp3) is 0.708. The second-order valence-corrected chi connectivity index (χ2v) is 9.90. The van der Waals surface area contributed by atoms with Crippen LogP contribution in [-0.4, -0.2) is 48.6 Å². The lowest BCUT2D eigenvalue weighted by molar-refractivity contribution is 0.137. The molecule has 4 nitrogen and oxygen atoms in total. The van der Waals surface area contributed by atoms with Gasteiger partial charge in [0.25, 0.3) is 0 Å². The molecule has 0 aromatic heterocycles. The first-order chi connectivity index (χ1) is 13.3. The molecule has 0 bridgehead atoms. The minimum atomic E-state index is 0.0736. The Hall–Kier alpha value is -1.55. The van der Waals surface area contributed by atoms with Gasteiger partial charge in [-0.3, -0.25) is 0 Å². The summed E-state index contributed by atoms with van der Waals surface area (Å²) in [7, 11) is 0. The number of benzene rings is 1. The molecular formula is C24H39N3O.